The summed E-state index contributed by atoms with van der Waals surface area (Å²) in [6, 6.07) is 25.8. The minimum atomic E-state index is -0.847. The molecule has 172 valence electrons. The number of nitrogens with one attached hydrogen (secondary N) is 1. The molecule has 0 unspecified atom stereocenters. The third-order valence-electron chi connectivity index (χ3n) is 5.67. The number of aromatic hydroxyl groups is 1. The van der Waals surface area contributed by atoms with Gasteiger partial charge in [0.1, 0.15) is 23.7 Å². The number of carbonyl (C=O) groups is 3. The van der Waals surface area contributed by atoms with E-state index >= 15 is 0 Å². The maximum Gasteiger partial charge on any atom is 0.335 e. The molecule has 0 radical (unpaired) electrons. The predicted octanol–water partition coefficient (Wildman–Crippen LogP) is 4.79. The lowest BCUT2D eigenvalue weighted by Crippen LogP contribution is -2.54. The van der Waals surface area contributed by atoms with E-state index in [2.05, 4.69) is 23.5 Å². The molecule has 0 atom stereocenters. The van der Waals surface area contributed by atoms with Crippen molar-refractivity contribution in [2.75, 3.05) is 4.90 Å². The maximum atomic E-state index is 13.0. The number of amides is 4. The maximum absolute atomic E-state index is 13.0. The second-order valence-corrected chi connectivity index (χ2v) is 7.97. The van der Waals surface area contributed by atoms with Crippen LogP contribution in [0.3, 0.4) is 0 Å². The van der Waals surface area contributed by atoms with Gasteiger partial charge in [0.05, 0.1) is 5.69 Å². The van der Waals surface area contributed by atoms with E-state index in [0.29, 0.717) is 17.9 Å². The lowest BCUT2D eigenvalue weighted by Gasteiger charge is -2.26. The molecule has 35 heavy (non-hydrogen) atoms. The zero-order chi connectivity index (χ0) is 24.4. The highest BCUT2D eigenvalue weighted by Gasteiger charge is 2.36. The number of rotatable bonds is 5. The predicted molar refractivity (Wildman–Crippen MR) is 132 cm³/mol. The zero-order valence-electron chi connectivity index (χ0n) is 18.5. The zero-order valence-corrected chi connectivity index (χ0v) is 18.5. The van der Waals surface area contributed by atoms with Gasteiger partial charge in [-0.25, -0.2) is 9.69 Å². The Hall–Kier alpha value is -4.91. The summed E-state index contributed by atoms with van der Waals surface area (Å²) in [7, 11) is 0. The van der Waals surface area contributed by atoms with Gasteiger partial charge >= 0.3 is 6.03 Å². The molecule has 1 saturated heterocycles. The van der Waals surface area contributed by atoms with E-state index in [1.165, 1.54) is 30.3 Å². The first kappa shape index (κ1) is 21.9. The van der Waals surface area contributed by atoms with Crippen molar-refractivity contribution in [2.24, 2.45) is 0 Å². The average molecular weight is 464 g/mol. The van der Waals surface area contributed by atoms with E-state index in [4.69, 9.17) is 4.74 Å². The van der Waals surface area contributed by atoms with Crippen molar-refractivity contribution >= 4 is 40.4 Å². The molecule has 7 heteroatoms. The summed E-state index contributed by atoms with van der Waals surface area (Å²) in [4.78, 5) is 38.5. The Bertz CT molecular complexity index is 1470. The van der Waals surface area contributed by atoms with Crippen LogP contribution in [-0.2, 0) is 16.2 Å². The molecule has 0 aliphatic carbocycles. The Balaban J connectivity index is 1.33. The number of phenols is 1. The molecule has 0 bridgehead atoms. The smallest absolute Gasteiger partial charge is 0.335 e. The number of hydrogen-bond donors (Lipinski definition) is 2. The number of urea groups is 1. The number of nitrogens with zero attached hydrogens (tertiary/aromatic N) is 1. The van der Waals surface area contributed by atoms with Crippen LogP contribution in [0.15, 0.2) is 96.6 Å². The molecule has 7 nitrogen and oxygen atoms in total. The van der Waals surface area contributed by atoms with Gasteiger partial charge in [-0.3, -0.25) is 14.9 Å². The van der Waals surface area contributed by atoms with Gasteiger partial charge < -0.3 is 9.84 Å². The molecule has 4 amide bonds. The number of barbiturate groups is 1. The van der Waals surface area contributed by atoms with Gasteiger partial charge in [-0.15, -0.1) is 0 Å². The Morgan fingerprint density at radius 1 is 0.829 bits per heavy atom. The normalized spacial score (nSPS) is 14.9. The number of imide groups is 2. The topological polar surface area (TPSA) is 95.9 Å². The van der Waals surface area contributed by atoms with E-state index in [1.54, 1.807) is 24.3 Å². The van der Waals surface area contributed by atoms with Gasteiger partial charge in [0.25, 0.3) is 11.8 Å². The molecule has 2 N–H and O–H groups in total. The quantitative estimate of drug-likeness (QED) is 0.327. The summed E-state index contributed by atoms with van der Waals surface area (Å²) in [6.45, 7) is 0.395. The molecule has 5 rings (SSSR count). The van der Waals surface area contributed by atoms with E-state index in [-0.39, 0.29) is 17.0 Å². The van der Waals surface area contributed by atoms with Gasteiger partial charge in [0, 0.05) is 0 Å². The van der Waals surface area contributed by atoms with E-state index in [1.807, 2.05) is 24.3 Å². The first-order chi connectivity index (χ1) is 17.0. The Morgan fingerprint density at radius 3 is 2.31 bits per heavy atom. The van der Waals surface area contributed by atoms with Crippen LogP contribution in [0.5, 0.6) is 11.5 Å². The SMILES string of the molecule is O=C1NC(=O)N(c2ccc(O)cc2)C(=O)/C1=C/c1ccc(OCc2cccc3ccccc23)cc1. The van der Waals surface area contributed by atoms with Crippen molar-refractivity contribution in [1.29, 1.82) is 0 Å². The Labute approximate surface area is 200 Å². The molecular weight excluding hydrogens is 444 g/mol. The monoisotopic (exact) mass is 464 g/mol. The molecule has 0 aromatic heterocycles. The van der Waals surface area contributed by atoms with Gasteiger partial charge in [-0.05, 0) is 64.4 Å². The van der Waals surface area contributed by atoms with Crippen LogP contribution in [0, 0.1) is 0 Å². The number of fused-ring (bicyclic) bond motifs is 1. The molecule has 1 heterocycles. The van der Waals surface area contributed by atoms with E-state index in [9.17, 15) is 19.5 Å². The van der Waals surface area contributed by atoms with Crippen LogP contribution in [-0.4, -0.2) is 23.0 Å². The minimum Gasteiger partial charge on any atom is -0.508 e. The van der Waals surface area contributed by atoms with Gasteiger partial charge in [-0.2, -0.15) is 0 Å². The number of anilines is 1. The Morgan fingerprint density at radius 2 is 1.54 bits per heavy atom. The highest BCUT2D eigenvalue weighted by molar-refractivity contribution is 6.39. The fourth-order valence-corrected chi connectivity index (χ4v) is 3.90. The molecular formula is C28H20N2O5. The molecule has 1 aliphatic rings. The number of hydrogen-bond acceptors (Lipinski definition) is 5. The van der Waals surface area contributed by atoms with Gasteiger partial charge in [0.15, 0.2) is 0 Å². The number of carbonyl (C=O) groups excluding carboxylic acids is 3. The van der Waals surface area contributed by atoms with Crippen LogP contribution in [0.2, 0.25) is 0 Å². The highest BCUT2D eigenvalue weighted by Crippen LogP contribution is 2.25. The van der Waals surface area contributed by atoms with Crippen molar-refractivity contribution in [2.45, 2.75) is 6.61 Å². The number of ether oxygens (including phenoxy) is 1. The van der Waals surface area contributed by atoms with Crippen molar-refractivity contribution in [3.8, 4) is 11.5 Å². The summed E-state index contributed by atoms with van der Waals surface area (Å²) < 4.78 is 5.95. The van der Waals surface area contributed by atoms with Crippen LogP contribution < -0.4 is 15.0 Å². The summed E-state index contributed by atoms with van der Waals surface area (Å²) in [5, 5.41) is 13.9. The molecule has 1 fully saturated rings. The van der Waals surface area contributed by atoms with E-state index < -0.39 is 17.8 Å². The number of phenolic OH excluding ortho intramolecular Hbond substituents is 1. The van der Waals surface area contributed by atoms with Crippen molar-refractivity contribution in [1.82, 2.24) is 5.32 Å². The van der Waals surface area contributed by atoms with Gasteiger partial charge in [0.2, 0.25) is 0 Å². The lowest BCUT2D eigenvalue weighted by atomic mass is 10.1. The molecule has 4 aromatic rings. The second-order valence-electron chi connectivity index (χ2n) is 7.97. The van der Waals surface area contributed by atoms with Crippen LogP contribution in [0.4, 0.5) is 10.5 Å². The molecule has 0 spiro atoms. The molecule has 1 aliphatic heterocycles. The van der Waals surface area contributed by atoms with Crippen molar-refractivity contribution in [3.05, 3.63) is 108 Å². The molecule has 4 aromatic carbocycles. The molecule has 0 saturated carbocycles. The summed E-state index contributed by atoms with van der Waals surface area (Å²) in [5.74, 6) is -0.888. The fraction of sp³-hybridized carbons (Fsp3) is 0.0357. The highest BCUT2D eigenvalue weighted by atomic mass is 16.5. The van der Waals surface area contributed by atoms with Crippen molar-refractivity contribution in [3.63, 3.8) is 0 Å². The number of benzene rings is 4. The first-order valence-corrected chi connectivity index (χ1v) is 10.9. The van der Waals surface area contributed by atoms with Crippen LogP contribution in [0.25, 0.3) is 16.8 Å². The first-order valence-electron chi connectivity index (χ1n) is 10.9. The Kier molecular flexibility index (Phi) is 5.73. The summed E-state index contributed by atoms with van der Waals surface area (Å²) in [5.41, 5.74) is 1.72. The van der Waals surface area contributed by atoms with Crippen LogP contribution in [0.1, 0.15) is 11.1 Å². The van der Waals surface area contributed by atoms with Crippen LogP contribution >= 0.6 is 0 Å². The average Bonchev–Trinajstić information content (AvgIpc) is 2.87. The second kappa shape index (κ2) is 9.15. The summed E-state index contributed by atoms with van der Waals surface area (Å²) >= 11 is 0. The minimum absolute atomic E-state index is 0.00628. The third kappa shape index (κ3) is 4.47. The lowest BCUT2D eigenvalue weighted by molar-refractivity contribution is -0.122. The third-order valence-corrected chi connectivity index (χ3v) is 5.67. The summed E-state index contributed by atoms with van der Waals surface area (Å²) in [6.07, 6.45) is 1.42. The standard InChI is InChI=1S/C28H20N2O5/c31-22-12-10-21(11-13-22)30-27(33)25(26(32)29-28(30)34)16-18-8-14-23(15-9-18)35-17-20-6-3-5-19-4-1-2-7-24(19)20/h1-16,31H,17H2,(H,29,32,34)/b25-16+. The van der Waals surface area contributed by atoms with Gasteiger partial charge in [-0.1, -0.05) is 54.6 Å². The fourth-order valence-electron chi connectivity index (χ4n) is 3.90. The van der Waals surface area contributed by atoms with E-state index in [0.717, 1.165) is 21.2 Å². The largest absolute Gasteiger partial charge is 0.508 e. The van der Waals surface area contributed by atoms with Crippen molar-refractivity contribution < 1.29 is 24.2 Å².